The van der Waals surface area contributed by atoms with Crippen LogP contribution in [0.4, 0.5) is 4.79 Å². The van der Waals surface area contributed by atoms with Crippen LogP contribution in [0.2, 0.25) is 0 Å². The minimum Gasteiger partial charge on any atom is -0.444 e. The van der Waals surface area contributed by atoms with Gasteiger partial charge in [0.1, 0.15) is 17.7 Å². The van der Waals surface area contributed by atoms with E-state index < -0.39 is 41.5 Å². The molecule has 0 saturated heterocycles. The third-order valence-electron chi connectivity index (χ3n) is 3.90. The summed E-state index contributed by atoms with van der Waals surface area (Å²) in [4.78, 5) is 48.5. The van der Waals surface area contributed by atoms with Gasteiger partial charge in [-0.05, 0) is 33.3 Å². The van der Waals surface area contributed by atoms with Crippen LogP contribution in [0.25, 0.3) is 0 Å². The Balaban J connectivity index is 2.59. The van der Waals surface area contributed by atoms with Gasteiger partial charge in [0.25, 0.3) is 0 Å². The maximum absolute atomic E-state index is 12.3. The van der Waals surface area contributed by atoms with Gasteiger partial charge in [-0.3, -0.25) is 14.4 Å². The van der Waals surface area contributed by atoms with E-state index in [1.807, 2.05) is 30.3 Å². The SMILES string of the molecule is C[C@@H](NC(=O)OC(C)(C)C)C(=O)NCC(=O)N[C@@H](Cc1ccccc1)C(=O)NCCO. The molecule has 1 aromatic rings. The fourth-order valence-electron chi connectivity index (χ4n) is 2.48. The summed E-state index contributed by atoms with van der Waals surface area (Å²) in [7, 11) is 0. The Kier molecular flexibility index (Phi) is 10.5. The first kappa shape index (κ1) is 25.9. The molecule has 10 heteroatoms. The van der Waals surface area contributed by atoms with Gasteiger partial charge in [-0.2, -0.15) is 0 Å². The highest BCUT2D eigenvalue weighted by molar-refractivity contribution is 5.92. The van der Waals surface area contributed by atoms with Crippen molar-refractivity contribution in [2.24, 2.45) is 0 Å². The average Bonchev–Trinajstić information content (AvgIpc) is 2.68. The van der Waals surface area contributed by atoms with E-state index in [1.54, 1.807) is 20.8 Å². The molecule has 0 aliphatic heterocycles. The molecule has 0 bridgehead atoms. The van der Waals surface area contributed by atoms with E-state index >= 15 is 0 Å². The fraction of sp³-hybridized carbons (Fsp3) is 0.524. The lowest BCUT2D eigenvalue weighted by atomic mass is 10.1. The van der Waals surface area contributed by atoms with Gasteiger partial charge < -0.3 is 31.1 Å². The molecule has 0 fully saturated rings. The van der Waals surface area contributed by atoms with Gasteiger partial charge in [-0.1, -0.05) is 30.3 Å². The number of carbonyl (C=O) groups is 4. The van der Waals surface area contributed by atoms with Gasteiger partial charge in [-0.15, -0.1) is 0 Å². The predicted octanol–water partition coefficient (Wildman–Crippen LogP) is -0.148. The molecule has 31 heavy (non-hydrogen) atoms. The summed E-state index contributed by atoms with van der Waals surface area (Å²) in [6.45, 7) is 6.01. The number of hydrogen-bond donors (Lipinski definition) is 5. The Bertz CT molecular complexity index is 748. The molecule has 10 nitrogen and oxygen atoms in total. The third kappa shape index (κ3) is 11.0. The Morgan fingerprint density at radius 2 is 1.65 bits per heavy atom. The van der Waals surface area contributed by atoms with Gasteiger partial charge in [0.2, 0.25) is 17.7 Å². The van der Waals surface area contributed by atoms with Crippen molar-refractivity contribution in [2.45, 2.75) is 51.8 Å². The van der Waals surface area contributed by atoms with Gasteiger partial charge in [-0.25, -0.2) is 4.79 Å². The predicted molar refractivity (Wildman–Crippen MR) is 114 cm³/mol. The van der Waals surface area contributed by atoms with Crippen LogP contribution in [0.5, 0.6) is 0 Å². The van der Waals surface area contributed by atoms with Crippen LogP contribution in [0.3, 0.4) is 0 Å². The molecule has 2 atom stereocenters. The number of carbonyl (C=O) groups excluding carboxylic acids is 4. The third-order valence-corrected chi connectivity index (χ3v) is 3.90. The molecule has 172 valence electrons. The average molecular weight is 437 g/mol. The van der Waals surface area contributed by atoms with Crippen LogP contribution < -0.4 is 21.3 Å². The van der Waals surface area contributed by atoms with Crippen molar-refractivity contribution >= 4 is 23.8 Å². The summed E-state index contributed by atoms with van der Waals surface area (Å²) in [5.74, 6) is -1.60. The van der Waals surface area contributed by atoms with E-state index in [0.29, 0.717) is 0 Å². The molecule has 4 amide bonds. The second-order valence-electron chi connectivity index (χ2n) is 7.91. The minimum absolute atomic E-state index is 0.0601. The van der Waals surface area contributed by atoms with E-state index in [-0.39, 0.29) is 26.1 Å². The zero-order chi connectivity index (χ0) is 23.4. The second kappa shape index (κ2) is 12.5. The lowest BCUT2D eigenvalue weighted by molar-refractivity contribution is -0.130. The first-order valence-corrected chi connectivity index (χ1v) is 10.0. The van der Waals surface area contributed by atoms with E-state index in [9.17, 15) is 19.2 Å². The molecular weight excluding hydrogens is 404 g/mol. The lowest BCUT2D eigenvalue weighted by Gasteiger charge is -2.22. The number of ether oxygens (including phenoxy) is 1. The van der Waals surface area contributed by atoms with Crippen LogP contribution in [0.15, 0.2) is 30.3 Å². The quantitative estimate of drug-likeness (QED) is 0.345. The second-order valence-corrected chi connectivity index (χ2v) is 7.91. The summed E-state index contributed by atoms with van der Waals surface area (Å²) in [5.41, 5.74) is 0.135. The number of benzene rings is 1. The molecule has 0 aliphatic rings. The number of hydrogen-bond acceptors (Lipinski definition) is 6. The Morgan fingerprint density at radius 1 is 1.00 bits per heavy atom. The molecule has 0 unspecified atom stereocenters. The van der Waals surface area contributed by atoms with Crippen molar-refractivity contribution in [2.75, 3.05) is 19.7 Å². The van der Waals surface area contributed by atoms with E-state index in [1.165, 1.54) is 6.92 Å². The minimum atomic E-state index is -0.921. The zero-order valence-electron chi connectivity index (χ0n) is 18.4. The lowest BCUT2D eigenvalue weighted by Crippen LogP contribution is -2.52. The molecule has 0 aromatic heterocycles. The molecule has 5 N–H and O–H groups in total. The Labute approximate surface area is 182 Å². The number of aliphatic hydroxyl groups excluding tert-OH is 1. The monoisotopic (exact) mass is 436 g/mol. The molecule has 1 rings (SSSR count). The molecule has 0 aliphatic carbocycles. The summed E-state index contributed by atoms with van der Waals surface area (Å²) in [6, 6.07) is 7.32. The van der Waals surface area contributed by atoms with Crippen molar-refractivity contribution in [1.82, 2.24) is 21.3 Å². The van der Waals surface area contributed by atoms with Gasteiger partial charge >= 0.3 is 6.09 Å². The number of alkyl carbamates (subject to hydrolysis) is 1. The normalized spacial score (nSPS) is 12.8. The molecule has 0 heterocycles. The van der Waals surface area contributed by atoms with Crippen molar-refractivity contribution in [3.8, 4) is 0 Å². The first-order chi connectivity index (χ1) is 14.5. The van der Waals surface area contributed by atoms with Crippen molar-refractivity contribution in [1.29, 1.82) is 0 Å². The Morgan fingerprint density at radius 3 is 2.23 bits per heavy atom. The summed E-state index contributed by atoms with van der Waals surface area (Å²) in [5, 5.41) is 18.8. The van der Waals surface area contributed by atoms with Crippen LogP contribution in [-0.2, 0) is 25.5 Å². The van der Waals surface area contributed by atoms with Crippen molar-refractivity contribution < 1.29 is 29.0 Å². The van der Waals surface area contributed by atoms with Gasteiger partial charge in [0.15, 0.2) is 0 Å². The maximum Gasteiger partial charge on any atom is 0.408 e. The standard InChI is InChI=1S/C21H32N4O6/c1-14(24-20(30)31-21(2,3)4)18(28)23-13-17(27)25-16(19(29)22-10-11-26)12-15-8-6-5-7-9-15/h5-9,14,16,26H,10-13H2,1-4H3,(H,22,29)(H,23,28)(H,24,30)(H,25,27)/t14-,16+/m1/s1. The van der Waals surface area contributed by atoms with Gasteiger partial charge in [0.05, 0.1) is 13.2 Å². The summed E-state index contributed by atoms with van der Waals surface area (Å²) in [6.07, 6.45) is -0.503. The highest BCUT2D eigenvalue weighted by Crippen LogP contribution is 2.07. The molecule has 0 saturated carbocycles. The highest BCUT2D eigenvalue weighted by Gasteiger charge is 2.23. The van der Waals surface area contributed by atoms with Gasteiger partial charge in [0, 0.05) is 13.0 Å². The highest BCUT2D eigenvalue weighted by atomic mass is 16.6. The van der Waals surface area contributed by atoms with Crippen LogP contribution >= 0.6 is 0 Å². The number of nitrogens with one attached hydrogen (secondary N) is 4. The van der Waals surface area contributed by atoms with E-state index in [0.717, 1.165) is 5.56 Å². The van der Waals surface area contributed by atoms with Crippen molar-refractivity contribution in [3.05, 3.63) is 35.9 Å². The van der Waals surface area contributed by atoms with Crippen LogP contribution in [-0.4, -0.2) is 66.3 Å². The maximum atomic E-state index is 12.3. The smallest absolute Gasteiger partial charge is 0.408 e. The Hall–Kier alpha value is -3.14. The van der Waals surface area contributed by atoms with Crippen LogP contribution in [0, 0.1) is 0 Å². The number of aliphatic hydroxyl groups is 1. The fourth-order valence-corrected chi connectivity index (χ4v) is 2.48. The summed E-state index contributed by atoms with van der Waals surface area (Å²) < 4.78 is 5.08. The topological polar surface area (TPSA) is 146 Å². The zero-order valence-corrected chi connectivity index (χ0v) is 18.4. The van der Waals surface area contributed by atoms with E-state index in [2.05, 4.69) is 21.3 Å². The molecular formula is C21H32N4O6. The molecule has 0 radical (unpaired) electrons. The molecule has 0 spiro atoms. The molecule has 1 aromatic carbocycles. The van der Waals surface area contributed by atoms with Crippen LogP contribution in [0.1, 0.15) is 33.3 Å². The van der Waals surface area contributed by atoms with E-state index in [4.69, 9.17) is 9.84 Å². The first-order valence-electron chi connectivity index (χ1n) is 10.0. The summed E-state index contributed by atoms with van der Waals surface area (Å²) >= 11 is 0. The largest absolute Gasteiger partial charge is 0.444 e. The van der Waals surface area contributed by atoms with Crippen molar-refractivity contribution in [3.63, 3.8) is 0 Å². The number of rotatable bonds is 10. The number of amides is 4.